The highest BCUT2D eigenvalue weighted by atomic mass is 35.5. The molecule has 1 aromatic rings. The molecule has 80 valence electrons. The van der Waals surface area contributed by atoms with Crippen LogP contribution < -0.4 is 5.32 Å². The van der Waals surface area contributed by atoms with Crippen molar-refractivity contribution in [3.05, 3.63) is 23.2 Å². The molecule has 0 aliphatic heterocycles. The van der Waals surface area contributed by atoms with Crippen LogP contribution in [0.2, 0.25) is 5.02 Å². The highest BCUT2D eigenvalue weighted by Gasteiger charge is 2.07. The lowest BCUT2D eigenvalue weighted by Crippen LogP contribution is -2.06. The third-order valence-electron chi connectivity index (χ3n) is 1.51. The Hall–Kier alpha value is -1.00. The Morgan fingerprint density at radius 3 is 2.53 bits per heavy atom. The van der Waals surface area contributed by atoms with Gasteiger partial charge in [-0.25, -0.2) is 0 Å². The van der Waals surface area contributed by atoms with Crippen molar-refractivity contribution < 1.29 is 9.59 Å². The molecule has 0 aliphatic rings. The highest BCUT2D eigenvalue weighted by molar-refractivity contribution is 8.13. The van der Waals surface area contributed by atoms with Gasteiger partial charge in [0.15, 0.2) is 5.12 Å². The fourth-order valence-electron chi connectivity index (χ4n) is 1.03. The van der Waals surface area contributed by atoms with E-state index in [2.05, 4.69) is 5.32 Å². The fraction of sp³-hybridized carbons (Fsp3) is 0.200. The lowest BCUT2D eigenvalue weighted by Gasteiger charge is -2.08. The molecule has 1 aromatic carbocycles. The minimum atomic E-state index is -0.192. The van der Waals surface area contributed by atoms with Crippen LogP contribution in [0.15, 0.2) is 23.1 Å². The van der Waals surface area contributed by atoms with Crippen LogP contribution in [0, 0.1) is 0 Å². The summed E-state index contributed by atoms with van der Waals surface area (Å²) in [6.07, 6.45) is 0. The second kappa shape index (κ2) is 5.19. The number of halogens is 1. The zero-order valence-corrected chi connectivity index (χ0v) is 9.91. The average molecular weight is 244 g/mol. The van der Waals surface area contributed by atoms with Gasteiger partial charge in [-0.3, -0.25) is 9.59 Å². The molecule has 0 fully saturated rings. The molecule has 0 bridgehead atoms. The second-order valence-corrected chi connectivity index (χ2v) is 4.57. The molecule has 0 unspecified atom stereocenters. The predicted molar refractivity (Wildman–Crippen MR) is 62.3 cm³/mol. The molecule has 0 radical (unpaired) electrons. The minimum absolute atomic E-state index is 0.0380. The Bertz CT molecular complexity index is 406. The number of benzene rings is 1. The molecule has 0 atom stereocenters. The summed E-state index contributed by atoms with van der Waals surface area (Å²) in [6, 6.07) is 5.01. The number of hydrogen-bond donors (Lipinski definition) is 1. The number of carbonyl (C=O) groups is 2. The minimum Gasteiger partial charge on any atom is -0.325 e. The van der Waals surface area contributed by atoms with E-state index >= 15 is 0 Å². The zero-order chi connectivity index (χ0) is 11.4. The van der Waals surface area contributed by atoms with E-state index in [4.69, 9.17) is 11.6 Å². The van der Waals surface area contributed by atoms with Gasteiger partial charge in [-0.05, 0) is 18.2 Å². The average Bonchev–Trinajstić information content (AvgIpc) is 2.08. The number of nitrogens with one attached hydrogen (secondary N) is 1. The van der Waals surface area contributed by atoms with Crippen molar-refractivity contribution in [1.82, 2.24) is 0 Å². The van der Waals surface area contributed by atoms with Gasteiger partial charge in [0.25, 0.3) is 0 Å². The van der Waals surface area contributed by atoms with Crippen LogP contribution in [0.5, 0.6) is 0 Å². The monoisotopic (exact) mass is 243 g/mol. The van der Waals surface area contributed by atoms with Crippen molar-refractivity contribution in [3.63, 3.8) is 0 Å². The summed E-state index contributed by atoms with van der Waals surface area (Å²) < 4.78 is 0. The van der Waals surface area contributed by atoms with Crippen LogP contribution >= 0.6 is 23.4 Å². The van der Waals surface area contributed by atoms with Gasteiger partial charge >= 0.3 is 0 Å². The zero-order valence-electron chi connectivity index (χ0n) is 8.33. The smallest absolute Gasteiger partial charge is 0.221 e. The fourth-order valence-corrected chi connectivity index (χ4v) is 1.87. The number of anilines is 1. The van der Waals surface area contributed by atoms with E-state index in [0.29, 0.717) is 15.6 Å². The van der Waals surface area contributed by atoms with Crippen molar-refractivity contribution in [2.24, 2.45) is 0 Å². The van der Waals surface area contributed by atoms with E-state index in [1.807, 2.05) is 0 Å². The summed E-state index contributed by atoms with van der Waals surface area (Å²) in [5.41, 5.74) is 0.565. The number of amides is 1. The van der Waals surface area contributed by atoms with Crippen molar-refractivity contribution in [2.45, 2.75) is 18.7 Å². The van der Waals surface area contributed by atoms with Gasteiger partial charge in [-0.15, -0.1) is 0 Å². The van der Waals surface area contributed by atoms with Gasteiger partial charge in [0.1, 0.15) is 0 Å². The van der Waals surface area contributed by atoms with Gasteiger partial charge in [0.05, 0.1) is 5.69 Å². The Kier molecular flexibility index (Phi) is 4.17. The normalized spacial score (nSPS) is 9.80. The lowest BCUT2D eigenvalue weighted by molar-refractivity contribution is -0.114. The molecule has 1 amide bonds. The Morgan fingerprint density at radius 1 is 1.33 bits per heavy atom. The van der Waals surface area contributed by atoms with Crippen LogP contribution in [0.25, 0.3) is 0 Å². The van der Waals surface area contributed by atoms with E-state index in [1.54, 1.807) is 18.2 Å². The van der Waals surface area contributed by atoms with Gasteiger partial charge in [-0.1, -0.05) is 23.4 Å². The Labute approximate surface area is 97.2 Å². The number of carbonyl (C=O) groups excluding carboxylic acids is 2. The molecule has 1 N–H and O–H groups in total. The summed E-state index contributed by atoms with van der Waals surface area (Å²) in [5.74, 6) is -0.192. The summed E-state index contributed by atoms with van der Waals surface area (Å²) in [7, 11) is 0. The van der Waals surface area contributed by atoms with Crippen molar-refractivity contribution in [1.29, 1.82) is 0 Å². The van der Waals surface area contributed by atoms with Crippen LogP contribution in [0.1, 0.15) is 13.8 Å². The van der Waals surface area contributed by atoms with Gasteiger partial charge < -0.3 is 5.32 Å². The quantitative estimate of drug-likeness (QED) is 0.813. The van der Waals surface area contributed by atoms with E-state index in [0.717, 1.165) is 11.8 Å². The van der Waals surface area contributed by atoms with Crippen molar-refractivity contribution in [3.8, 4) is 0 Å². The molecule has 0 heterocycles. The van der Waals surface area contributed by atoms with E-state index in [-0.39, 0.29) is 11.0 Å². The third kappa shape index (κ3) is 3.93. The summed E-state index contributed by atoms with van der Waals surface area (Å²) >= 11 is 6.85. The maximum Gasteiger partial charge on any atom is 0.221 e. The first-order valence-corrected chi connectivity index (χ1v) is 5.44. The van der Waals surface area contributed by atoms with Gasteiger partial charge in [-0.2, -0.15) is 0 Å². The van der Waals surface area contributed by atoms with Gasteiger partial charge in [0, 0.05) is 23.8 Å². The molecule has 1 rings (SSSR count). The first-order chi connectivity index (χ1) is 6.99. The number of hydrogen-bond acceptors (Lipinski definition) is 3. The Morgan fingerprint density at radius 2 is 2.00 bits per heavy atom. The highest BCUT2D eigenvalue weighted by Crippen LogP contribution is 2.30. The first kappa shape index (κ1) is 12.1. The summed E-state index contributed by atoms with van der Waals surface area (Å²) in [4.78, 5) is 22.6. The van der Waals surface area contributed by atoms with Gasteiger partial charge in [0.2, 0.25) is 5.91 Å². The predicted octanol–water partition coefficient (Wildman–Crippen LogP) is 2.94. The molecule has 0 aromatic heterocycles. The molecule has 3 nitrogen and oxygen atoms in total. The SMILES string of the molecule is CC(=O)Nc1cc(Cl)ccc1SC(C)=O. The van der Waals surface area contributed by atoms with E-state index in [9.17, 15) is 9.59 Å². The standard InChI is InChI=1S/C10H10ClNO2S/c1-6(13)12-9-5-8(11)3-4-10(9)15-7(2)14/h3-5H,1-2H3,(H,12,13). The van der Waals surface area contributed by atoms with Crippen LogP contribution in [-0.2, 0) is 9.59 Å². The Balaban J connectivity index is 3.02. The maximum absolute atomic E-state index is 11.0. The molecule has 0 saturated heterocycles. The van der Waals surface area contributed by atoms with Crippen molar-refractivity contribution in [2.75, 3.05) is 5.32 Å². The molecular weight excluding hydrogens is 234 g/mol. The number of thioether (sulfide) groups is 1. The first-order valence-electron chi connectivity index (χ1n) is 4.24. The molecule has 15 heavy (non-hydrogen) atoms. The summed E-state index contributed by atoms with van der Waals surface area (Å²) in [6.45, 7) is 2.87. The van der Waals surface area contributed by atoms with Crippen LogP contribution in [0.4, 0.5) is 5.69 Å². The maximum atomic E-state index is 11.0. The largest absolute Gasteiger partial charge is 0.325 e. The summed E-state index contributed by atoms with van der Waals surface area (Å²) in [5, 5.41) is 3.11. The molecular formula is C10H10ClNO2S. The molecule has 5 heteroatoms. The molecule has 0 aliphatic carbocycles. The van der Waals surface area contributed by atoms with E-state index in [1.165, 1.54) is 13.8 Å². The van der Waals surface area contributed by atoms with Crippen LogP contribution in [-0.4, -0.2) is 11.0 Å². The lowest BCUT2D eigenvalue weighted by atomic mass is 10.3. The van der Waals surface area contributed by atoms with Crippen LogP contribution in [0.3, 0.4) is 0 Å². The molecule has 0 saturated carbocycles. The number of rotatable bonds is 2. The molecule has 0 spiro atoms. The third-order valence-corrected chi connectivity index (χ3v) is 2.60. The topological polar surface area (TPSA) is 46.2 Å². The van der Waals surface area contributed by atoms with Crippen molar-refractivity contribution >= 4 is 40.1 Å². The second-order valence-electron chi connectivity index (χ2n) is 2.92. The van der Waals surface area contributed by atoms with E-state index < -0.39 is 0 Å².